The van der Waals surface area contributed by atoms with Gasteiger partial charge in [-0.05, 0) is 48.0 Å². The van der Waals surface area contributed by atoms with Crippen LogP contribution in [0.2, 0.25) is 0 Å². The van der Waals surface area contributed by atoms with Crippen LogP contribution in [0.15, 0.2) is 53.1 Å². The lowest BCUT2D eigenvalue weighted by molar-refractivity contribution is 0.483. The number of halogens is 1. The first-order valence-corrected chi connectivity index (χ1v) is 6.96. The molecule has 1 heterocycles. The van der Waals surface area contributed by atoms with Crippen molar-refractivity contribution in [2.45, 2.75) is 6.42 Å². The van der Waals surface area contributed by atoms with E-state index in [0.717, 1.165) is 32.4 Å². The molecule has 1 N–H and O–H groups in total. The number of aromatic amines is 1. The van der Waals surface area contributed by atoms with E-state index in [1.54, 1.807) is 0 Å². The molecule has 0 saturated heterocycles. The molecule has 0 bridgehead atoms. The summed E-state index contributed by atoms with van der Waals surface area (Å²) >= 11 is 3.39. The second-order valence-electron chi connectivity index (χ2n) is 4.41. The molecule has 0 aliphatic heterocycles. The maximum atomic E-state index is 8.83. The number of nitriles is 1. The summed E-state index contributed by atoms with van der Waals surface area (Å²) in [5.74, 6) is 1.54. The molecular weight excluding hydrogens is 316 g/mol. The SMILES string of the molecule is N#CCc1c[nH]c2ccc(Oc3ccc(Br)cc3)cc12. The van der Waals surface area contributed by atoms with Crippen molar-refractivity contribution < 1.29 is 4.74 Å². The summed E-state index contributed by atoms with van der Waals surface area (Å²) in [5, 5.41) is 9.86. The van der Waals surface area contributed by atoms with E-state index in [1.165, 1.54) is 0 Å². The van der Waals surface area contributed by atoms with Gasteiger partial charge in [-0.3, -0.25) is 0 Å². The summed E-state index contributed by atoms with van der Waals surface area (Å²) in [7, 11) is 0. The van der Waals surface area contributed by atoms with Gasteiger partial charge >= 0.3 is 0 Å². The molecule has 4 heteroatoms. The van der Waals surface area contributed by atoms with E-state index >= 15 is 0 Å². The van der Waals surface area contributed by atoms with Crippen molar-refractivity contribution in [1.29, 1.82) is 5.26 Å². The maximum Gasteiger partial charge on any atom is 0.128 e. The molecule has 0 radical (unpaired) electrons. The molecule has 0 unspecified atom stereocenters. The van der Waals surface area contributed by atoms with Crippen molar-refractivity contribution in [3.8, 4) is 17.6 Å². The lowest BCUT2D eigenvalue weighted by Crippen LogP contribution is -1.84. The number of rotatable bonds is 3. The van der Waals surface area contributed by atoms with Crippen LogP contribution in [0, 0.1) is 11.3 Å². The summed E-state index contributed by atoms with van der Waals surface area (Å²) in [6, 6.07) is 15.7. The molecule has 0 saturated carbocycles. The molecule has 20 heavy (non-hydrogen) atoms. The zero-order chi connectivity index (χ0) is 13.9. The fourth-order valence-corrected chi connectivity index (χ4v) is 2.36. The first-order valence-electron chi connectivity index (χ1n) is 6.16. The van der Waals surface area contributed by atoms with Crippen molar-refractivity contribution >= 4 is 26.8 Å². The van der Waals surface area contributed by atoms with Gasteiger partial charge in [0.25, 0.3) is 0 Å². The number of aromatic nitrogens is 1. The van der Waals surface area contributed by atoms with E-state index in [4.69, 9.17) is 10.00 Å². The van der Waals surface area contributed by atoms with E-state index in [1.807, 2.05) is 48.7 Å². The van der Waals surface area contributed by atoms with Gasteiger partial charge in [0.1, 0.15) is 11.5 Å². The molecule has 0 amide bonds. The van der Waals surface area contributed by atoms with Crippen molar-refractivity contribution in [1.82, 2.24) is 4.98 Å². The average molecular weight is 327 g/mol. The lowest BCUT2D eigenvalue weighted by Gasteiger charge is -2.06. The highest BCUT2D eigenvalue weighted by molar-refractivity contribution is 9.10. The minimum Gasteiger partial charge on any atom is -0.457 e. The Morgan fingerprint density at radius 1 is 1.10 bits per heavy atom. The Hall–Kier alpha value is -2.25. The largest absolute Gasteiger partial charge is 0.457 e. The molecule has 0 atom stereocenters. The fraction of sp³-hybridized carbons (Fsp3) is 0.0625. The quantitative estimate of drug-likeness (QED) is 0.752. The van der Waals surface area contributed by atoms with Crippen LogP contribution in [0.25, 0.3) is 10.9 Å². The van der Waals surface area contributed by atoms with Gasteiger partial charge in [0.15, 0.2) is 0 Å². The molecule has 0 aliphatic carbocycles. The Labute approximate surface area is 124 Å². The topological polar surface area (TPSA) is 48.8 Å². The molecule has 3 nitrogen and oxygen atoms in total. The molecule has 0 spiro atoms. The highest BCUT2D eigenvalue weighted by atomic mass is 79.9. The minimum atomic E-state index is 0.391. The van der Waals surface area contributed by atoms with E-state index in [2.05, 4.69) is 27.0 Å². The Kier molecular flexibility index (Phi) is 3.44. The first kappa shape index (κ1) is 12.8. The molecule has 98 valence electrons. The Balaban J connectivity index is 1.94. The Morgan fingerprint density at radius 2 is 1.85 bits per heavy atom. The number of hydrogen-bond donors (Lipinski definition) is 1. The number of ether oxygens (including phenoxy) is 1. The third-order valence-electron chi connectivity index (χ3n) is 3.06. The number of nitrogens with one attached hydrogen (secondary N) is 1. The third-order valence-corrected chi connectivity index (χ3v) is 3.59. The molecule has 0 aliphatic rings. The van der Waals surface area contributed by atoms with E-state index in [9.17, 15) is 0 Å². The second-order valence-corrected chi connectivity index (χ2v) is 5.33. The minimum absolute atomic E-state index is 0.391. The zero-order valence-corrected chi connectivity index (χ0v) is 12.1. The van der Waals surface area contributed by atoms with Gasteiger partial charge in [-0.1, -0.05) is 15.9 Å². The summed E-state index contributed by atoms with van der Waals surface area (Å²) in [5.41, 5.74) is 2.00. The monoisotopic (exact) mass is 326 g/mol. The Bertz CT molecular complexity index is 784. The summed E-state index contributed by atoms with van der Waals surface area (Å²) in [6.07, 6.45) is 2.26. The van der Waals surface area contributed by atoms with Gasteiger partial charge < -0.3 is 9.72 Å². The maximum absolute atomic E-state index is 8.83. The van der Waals surface area contributed by atoms with E-state index in [0.29, 0.717) is 6.42 Å². The van der Waals surface area contributed by atoms with Crippen LogP contribution in [0.1, 0.15) is 5.56 Å². The van der Waals surface area contributed by atoms with Crippen LogP contribution in [0.3, 0.4) is 0 Å². The van der Waals surface area contributed by atoms with Gasteiger partial charge in [-0.25, -0.2) is 0 Å². The van der Waals surface area contributed by atoms with Crippen molar-refractivity contribution in [3.63, 3.8) is 0 Å². The Morgan fingerprint density at radius 3 is 2.60 bits per heavy atom. The predicted octanol–water partition coefficient (Wildman–Crippen LogP) is 4.79. The standard InChI is InChI=1S/C16H11BrN2O/c17-12-1-3-13(4-2-12)20-14-5-6-16-15(9-14)11(7-8-18)10-19-16/h1-6,9-10,19H,7H2. The molecular formula is C16H11BrN2O. The second kappa shape index (κ2) is 5.40. The predicted molar refractivity (Wildman–Crippen MR) is 81.8 cm³/mol. The van der Waals surface area contributed by atoms with Gasteiger partial charge in [0, 0.05) is 21.6 Å². The smallest absolute Gasteiger partial charge is 0.128 e. The molecule has 3 aromatic rings. The highest BCUT2D eigenvalue weighted by Gasteiger charge is 2.05. The average Bonchev–Trinajstić information content (AvgIpc) is 2.85. The number of hydrogen-bond acceptors (Lipinski definition) is 2. The first-order chi connectivity index (χ1) is 9.76. The van der Waals surface area contributed by atoms with Gasteiger partial charge in [0.2, 0.25) is 0 Å². The van der Waals surface area contributed by atoms with E-state index < -0.39 is 0 Å². The third kappa shape index (κ3) is 2.54. The van der Waals surface area contributed by atoms with Crippen LogP contribution in [0.4, 0.5) is 0 Å². The van der Waals surface area contributed by atoms with Gasteiger partial charge in [0.05, 0.1) is 12.5 Å². The zero-order valence-electron chi connectivity index (χ0n) is 10.6. The number of nitrogens with zero attached hydrogens (tertiary/aromatic N) is 1. The molecule has 2 aromatic carbocycles. The lowest BCUT2D eigenvalue weighted by atomic mass is 10.1. The number of fused-ring (bicyclic) bond motifs is 1. The summed E-state index contributed by atoms with van der Waals surface area (Å²) < 4.78 is 6.84. The van der Waals surface area contributed by atoms with Crippen LogP contribution in [0.5, 0.6) is 11.5 Å². The van der Waals surface area contributed by atoms with Crippen molar-refractivity contribution in [3.05, 3.63) is 58.7 Å². The van der Waals surface area contributed by atoms with Crippen LogP contribution in [-0.4, -0.2) is 4.98 Å². The normalized spacial score (nSPS) is 10.4. The van der Waals surface area contributed by atoms with Crippen LogP contribution < -0.4 is 4.74 Å². The van der Waals surface area contributed by atoms with Crippen LogP contribution >= 0.6 is 15.9 Å². The molecule has 0 fully saturated rings. The highest BCUT2D eigenvalue weighted by Crippen LogP contribution is 2.28. The van der Waals surface area contributed by atoms with Gasteiger partial charge in [-0.15, -0.1) is 0 Å². The fourth-order valence-electron chi connectivity index (χ4n) is 2.09. The van der Waals surface area contributed by atoms with Gasteiger partial charge in [-0.2, -0.15) is 5.26 Å². The van der Waals surface area contributed by atoms with Crippen molar-refractivity contribution in [2.75, 3.05) is 0 Å². The molecule has 3 rings (SSSR count). The summed E-state index contributed by atoms with van der Waals surface area (Å²) in [6.45, 7) is 0. The number of benzene rings is 2. The van der Waals surface area contributed by atoms with E-state index in [-0.39, 0.29) is 0 Å². The van der Waals surface area contributed by atoms with Crippen LogP contribution in [-0.2, 0) is 6.42 Å². The molecule has 1 aromatic heterocycles. The van der Waals surface area contributed by atoms with Crippen molar-refractivity contribution in [2.24, 2.45) is 0 Å². The number of H-pyrrole nitrogens is 1. The summed E-state index contributed by atoms with van der Waals surface area (Å²) in [4.78, 5) is 3.16.